The van der Waals surface area contributed by atoms with Crippen LogP contribution in [0.25, 0.3) is 55.9 Å². The Bertz CT molecular complexity index is 1600. The number of halogens is 4. The van der Waals surface area contributed by atoms with Crippen LogP contribution in [0.4, 0.5) is 0 Å². The summed E-state index contributed by atoms with van der Waals surface area (Å²) in [4.78, 5) is 13.3. The molecule has 0 radical (unpaired) electrons. The molecule has 0 aliphatic carbocycles. The fraction of sp³-hybridized carbons (Fsp3) is 0. The lowest BCUT2D eigenvalue weighted by atomic mass is 10.1. The summed E-state index contributed by atoms with van der Waals surface area (Å²) < 4.78 is 6.27. The number of nitrogens with zero attached hydrogens (tertiary/aromatic N) is 2. The Morgan fingerprint density at radius 1 is 0.618 bits per heavy atom. The Hall–Kier alpha value is -1.59. The summed E-state index contributed by atoms with van der Waals surface area (Å²) >= 11 is 15.4. The molecule has 0 saturated carbocycles. The normalized spacial score (nSPS) is 12.5. The van der Waals surface area contributed by atoms with Crippen molar-refractivity contribution in [2.24, 2.45) is 0 Å². The van der Waals surface area contributed by atoms with Crippen molar-refractivity contribution in [3.8, 4) is 11.1 Å². The van der Waals surface area contributed by atoms with Gasteiger partial charge in [-0.3, -0.25) is 0 Å². The first-order chi connectivity index (χ1) is 16.5. The van der Waals surface area contributed by atoms with Crippen LogP contribution >= 0.6 is 81.7 Å². The van der Waals surface area contributed by atoms with E-state index in [1.807, 2.05) is 24.3 Å². The molecule has 3 nitrogen and oxygen atoms in total. The zero-order valence-electron chi connectivity index (χ0n) is 17.2. The zero-order chi connectivity index (χ0) is 23.4. The Morgan fingerprint density at radius 2 is 1.18 bits per heavy atom. The third kappa shape index (κ3) is 4.07. The Labute approximate surface area is 238 Å². The van der Waals surface area contributed by atoms with Crippen molar-refractivity contribution in [2.75, 3.05) is 0 Å². The van der Waals surface area contributed by atoms with Gasteiger partial charge in [0.25, 0.3) is 0 Å². The highest BCUT2D eigenvalue weighted by Gasteiger charge is 2.14. The van der Waals surface area contributed by atoms with Gasteiger partial charge in [0.2, 0.25) is 0 Å². The second-order valence-corrected chi connectivity index (χ2v) is 12.4. The molecule has 2 aliphatic rings. The minimum absolute atomic E-state index is 0.844. The van der Waals surface area contributed by atoms with E-state index < -0.39 is 0 Å². The van der Waals surface area contributed by atoms with Gasteiger partial charge in [-0.25, -0.2) is 9.97 Å². The second-order valence-electron chi connectivity index (χ2n) is 7.70. The molecule has 1 aromatic carbocycles. The van der Waals surface area contributed by atoms with Crippen molar-refractivity contribution >= 4 is 126 Å². The van der Waals surface area contributed by atoms with Crippen molar-refractivity contribution in [1.82, 2.24) is 15.0 Å². The number of benzene rings is 1. The molecule has 0 amide bonds. The smallest absolute Gasteiger partial charge is 0.0802 e. The molecule has 0 fully saturated rings. The topological polar surface area (TPSA) is 41.6 Å². The number of rotatable bonds is 1. The van der Waals surface area contributed by atoms with Gasteiger partial charge in [-0.1, -0.05) is 12.1 Å². The van der Waals surface area contributed by atoms with Crippen LogP contribution in [-0.2, 0) is 0 Å². The van der Waals surface area contributed by atoms with E-state index in [2.05, 4.69) is 124 Å². The van der Waals surface area contributed by atoms with Crippen LogP contribution in [0.15, 0.2) is 61.9 Å². The highest BCUT2D eigenvalue weighted by molar-refractivity contribution is 14.1. The number of hydrogen-bond donors (Lipinski definition) is 1. The quantitative estimate of drug-likeness (QED) is 0.170. The highest BCUT2D eigenvalue weighted by Crippen LogP contribution is 2.38. The van der Waals surface area contributed by atoms with Gasteiger partial charge in [0.15, 0.2) is 0 Å². The molecule has 0 saturated heterocycles. The Kier molecular flexibility index (Phi) is 6.13. The van der Waals surface area contributed by atoms with Crippen molar-refractivity contribution in [3.05, 3.63) is 88.3 Å². The molecule has 8 bridgehead atoms. The minimum atomic E-state index is 0.844. The van der Waals surface area contributed by atoms with Crippen LogP contribution < -0.4 is 0 Å². The number of thiophene rings is 1. The minimum Gasteiger partial charge on any atom is -0.354 e. The lowest BCUT2D eigenvalue weighted by molar-refractivity contribution is 1.24. The first kappa shape index (κ1) is 22.8. The van der Waals surface area contributed by atoms with E-state index in [9.17, 15) is 0 Å². The molecule has 1 N–H and O–H groups in total. The first-order valence-corrected chi connectivity index (χ1v) is 14.5. The average Bonchev–Trinajstić information content (AvgIpc) is 3.65. The Morgan fingerprint density at radius 3 is 1.85 bits per heavy atom. The largest absolute Gasteiger partial charge is 0.354 e. The number of aromatic amines is 1. The number of aromatic nitrogens is 3. The molecule has 6 rings (SSSR count). The van der Waals surface area contributed by atoms with Gasteiger partial charge in [0.1, 0.15) is 0 Å². The third-order valence-corrected chi connectivity index (χ3v) is 10.2. The SMILES string of the molecule is Brc1c2nc(c(Br)c3ccc([nH]3)c(-c3ccc(I)cc3)c3ccc(s3)c(Br)c3nc1C=C3)C=C2. The van der Waals surface area contributed by atoms with Crippen LogP contribution in [0.2, 0.25) is 0 Å². The number of fused-ring (bicyclic) bond motifs is 8. The highest BCUT2D eigenvalue weighted by atomic mass is 127. The van der Waals surface area contributed by atoms with E-state index in [0.29, 0.717) is 0 Å². The van der Waals surface area contributed by atoms with Crippen molar-refractivity contribution in [2.45, 2.75) is 0 Å². The first-order valence-electron chi connectivity index (χ1n) is 10.3. The molecule has 34 heavy (non-hydrogen) atoms. The van der Waals surface area contributed by atoms with Crippen LogP contribution in [0.3, 0.4) is 0 Å². The number of hydrogen-bond acceptors (Lipinski definition) is 3. The standard InChI is InChI=1S/C26H13Br3IN3S/c27-24-16-6-5-15(31-16)23(13-1-3-14(30)4-2-13)21-11-12-22(34-21)26(29)20-10-9-19(33-20)25(28)18-8-7-17(24)32-18/h1-12,31H. The summed E-state index contributed by atoms with van der Waals surface area (Å²) in [5.41, 5.74) is 7.81. The van der Waals surface area contributed by atoms with Gasteiger partial charge in [0, 0.05) is 24.1 Å². The third-order valence-electron chi connectivity index (χ3n) is 5.57. The molecular formula is C26H13Br3IN3S. The maximum Gasteiger partial charge on any atom is 0.0802 e. The monoisotopic (exact) mass is 763 g/mol. The van der Waals surface area contributed by atoms with Crippen LogP contribution in [0.5, 0.6) is 0 Å². The maximum atomic E-state index is 4.85. The van der Waals surface area contributed by atoms with Gasteiger partial charge >= 0.3 is 0 Å². The van der Waals surface area contributed by atoms with E-state index >= 15 is 0 Å². The summed E-state index contributed by atoms with van der Waals surface area (Å²) in [6, 6.07) is 17.2. The van der Waals surface area contributed by atoms with Crippen molar-refractivity contribution in [3.63, 3.8) is 0 Å². The molecule has 166 valence electrons. The predicted molar refractivity (Wildman–Crippen MR) is 164 cm³/mol. The lowest BCUT2D eigenvalue weighted by Crippen LogP contribution is -1.83. The summed E-state index contributed by atoms with van der Waals surface area (Å²) in [7, 11) is 0. The molecule has 0 atom stereocenters. The van der Waals surface area contributed by atoms with Gasteiger partial charge in [-0.05, 0) is 137 Å². The summed E-state index contributed by atoms with van der Waals surface area (Å²) in [5, 5.41) is 0. The molecule has 8 heteroatoms. The molecule has 2 aliphatic heterocycles. The van der Waals surface area contributed by atoms with E-state index in [-0.39, 0.29) is 0 Å². The van der Waals surface area contributed by atoms with Gasteiger partial charge in [0.05, 0.1) is 41.7 Å². The predicted octanol–water partition coefficient (Wildman–Crippen LogP) is 9.95. The maximum absolute atomic E-state index is 4.85. The van der Waals surface area contributed by atoms with Crippen LogP contribution in [0, 0.1) is 3.57 Å². The number of nitrogens with one attached hydrogen (secondary N) is 1. The van der Waals surface area contributed by atoms with Crippen LogP contribution in [0.1, 0.15) is 22.8 Å². The zero-order valence-corrected chi connectivity index (χ0v) is 25.0. The van der Waals surface area contributed by atoms with E-state index in [4.69, 9.17) is 9.97 Å². The second kappa shape index (κ2) is 9.13. The number of H-pyrrole nitrogens is 1. The summed E-state index contributed by atoms with van der Waals surface area (Å²) in [6.45, 7) is 0. The van der Waals surface area contributed by atoms with Crippen LogP contribution in [-0.4, -0.2) is 15.0 Å². The molecule has 3 aromatic heterocycles. The van der Waals surface area contributed by atoms with Gasteiger partial charge in [-0.2, -0.15) is 0 Å². The van der Waals surface area contributed by atoms with Crippen molar-refractivity contribution < 1.29 is 0 Å². The molecular weight excluding hydrogens is 753 g/mol. The van der Waals surface area contributed by atoms with Gasteiger partial charge < -0.3 is 4.98 Å². The molecule has 5 heterocycles. The van der Waals surface area contributed by atoms with Crippen molar-refractivity contribution in [1.29, 1.82) is 0 Å². The molecule has 0 spiro atoms. The van der Waals surface area contributed by atoms with Gasteiger partial charge in [-0.15, -0.1) is 11.3 Å². The van der Waals surface area contributed by atoms with E-state index in [1.165, 1.54) is 8.27 Å². The fourth-order valence-corrected chi connectivity index (χ4v) is 6.80. The fourth-order valence-electron chi connectivity index (χ4n) is 3.91. The Balaban J connectivity index is 1.78. The summed E-state index contributed by atoms with van der Waals surface area (Å²) in [6.07, 6.45) is 8.06. The van der Waals surface area contributed by atoms with E-state index in [0.717, 1.165) is 63.1 Å². The van der Waals surface area contributed by atoms with E-state index in [1.54, 1.807) is 11.3 Å². The lowest BCUT2D eigenvalue weighted by Gasteiger charge is -2.03. The average molecular weight is 766 g/mol. The summed E-state index contributed by atoms with van der Waals surface area (Å²) in [5.74, 6) is 0. The molecule has 4 aromatic rings. The molecule has 0 unspecified atom stereocenters.